The molecule has 1 fully saturated rings. The number of halogens is 1. The summed E-state index contributed by atoms with van der Waals surface area (Å²) in [6, 6.07) is 8.77. The average molecular weight is 444 g/mol. The van der Waals surface area contributed by atoms with Crippen LogP contribution < -0.4 is 5.32 Å². The summed E-state index contributed by atoms with van der Waals surface area (Å²) in [6.45, 7) is 9.35. The predicted octanol–water partition coefficient (Wildman–Crippen LogP) is 3.56. The number of likely N-dealkylation sites (tertiary alicyclic amines) is 1. The van der Waals surface area contributed by atoms with Crippen LogP contribution in [0.5, 0.6) is 0 Å². The van der Waals surface area contributed by atoms with E-state index < -0.39 is 0 Å². The highest BCUT2D eigenvalue weighted by molar-refractivity contribution is 14.0. The van der Waals surface area contributed by atoms with Crippen LogP contribution in [0.1, 0.15) is 37.8 Å². The van der Waals surface area contributed by atoms with E-state index in [9.17, 15) is 0 Å². The zero-order chi connectivity index (χ0) is 16.7. The van der Waals surface area contributed by atoms with Gasteiger partial charge in [-0.25, -0.2) is 4.99 Å². The normalized spacial score (nSPS) is 18.5. The molecule has 4 nitrogen and oxygen atoms in total. The fourth-order valence-electron chi connectivity index (χ4n) is 3.17. The average Bonchev–Trinajstić information content (AvgIpc) is 2.51. The number of benzene rings is 1. The zero-order valence-electron chi connectivity index (χ0n) is 15.6. The minimum atomic E-state index is 0. The molecule has 1 aromatic carbocycles. The summed E-state index contributed by atoms with van der Waals surface area (Å²) in [5.41, 5.74) is 2.63. The summed E-state index contributed by atoms with van der Waals surface area (Å²) < 4.78 is 0. The first-order valence-electron chi connectivity index (χ1n) is 8.84. The van der Waals surface area contributed by atoms with Gasteiger partial charge in [-0.05, 0) is 50.9 Å². The summed E-state index contributed by atoms with van der Waals surface area (Å²) in [5.74, 6) is 1.83. The molecule has 1 aromatic rings. The van der Waals surface area contributed by atoms with E-state index in [4.69, 9.17) is 4.99 Å². The largest absolute Gasteiger partial charge is 0.357 e. The van der Waals surface area contributed by atoms with Crippen molar-refractivity contribution >= 4 is 29.9 Å². The maximum absolute atomic E-state index is 4.88. The first-order valence-corrected chi connectivity index (χ1v) is 8.84. The van der Waals surface area contributed by atoms with Gasteiger partial charge in [0.15, 0.2) is 5.96 Å². The predicted molar refractivity (Wildman–Crippen MR) is 114 cm³/mol. The number of piperidine rings is 1. The van der Waals surface area contributed by atoms with Gasteiger partial charge in [0.1, 0.15) is 0 Å². The molecule has 0 aromatic heterocycles. The van der Waals surface area contributed by atoms with Gasteiger partial charge >= 0.3 is 0 Å². The molecule has 0 spiro atoms. The van der Waals surface area contributed by atoms with Gasteiger partial charge in [-0.15, -0.1) is 24.0 Å². The third-order valence-corrected chi connectivity index (χ3v) is 4.19. The van der Waals surface area contributed by atoms with Gasteiger partial charge in [-0.3, -0.25) is 0 Å². The third-order valence-electron chi connectivity index (χ3n) is 4.19. The Bertz CT molecular complexity index is 516. The van der Waals surface area contributed by atoms with Crippen molar-refractivity contribution in [3.8, 4) is 0 Å². The number of nitrogens with zero attached hydrogens (tertiary/aromatic N) is 3. The quantitative estimate of drug-likeness (QED) is 0.428. The number of hydrogen-bond acceptors (Lipinski definition) is 2. The molecule has 1 unspecified atom stereocenters. The van der Waals surface area contributed by atoms with Crippen LogP contribution in [0, 0.1) is 5.92 Å². The van der Waals surface area contributed by atoms with Crippen molar-refractivity contribution < 1.29 is 0 Å². The summed E-state index contributed by atoms with van der Waals surface area (Å²) in [5, 5.41) is 3.46. The van der Waals surface area contributed by atoms with Crippen LogP contribution in [0.2, 0.25) is 0 Å². The molecule has 1 saturated heterocycles. The van der Waals surface area contributed by atoms with Gasteiger partial charge in [0.05, 0.1) is 6.54 Å². The number of guanidine groups is 1. The second-order valence-electron chi connectivity index (χ2n) is 6.92. The molecule has 1 atom stereocenters. The number of rotatable bonds is 5. The minimum Gasteiger partial charge on any atom is -0.357 e. The highest BCUT2D eigenvalue weighted by atomic mass is 127. The smallest absolute Gasteiger partial charge is 0.194 e. The van der Waals surface area contributed by atoms with Crippen molar-refractivity contribution in [3.05, 3.63) is 35.4 Å². The lowest BCUT2D eigenvalue weighted by atomic mass is 10.0. The molecular weight excluding hydrogens is 411 g/mol. The molecule has 1 heterocycles. The lowest BCUT2D eigenvalue weighted by Gasteiger charge is -2.33. The van der Waals surface area contributed by atoms with Crippen LogP contribution >= 0.6 is 24.0 Å². The lowest BCUT2D eigenvalue weighted by Crippen LogP contribution is -2.46. The van der Waals surface area contributed by atoms with Crippen molar-refractivity contribution in [3.63, 3.8) is 0 Å². The van der Waals surface area contributed by atoms with Gasteiger partial charge in [-0.1, -0.05) is 31.2 Å². The van der Waals surface area contributed by atoms with Crippen molar-refractivity contribution in [1.82, 2.24) is 15.1 Å². The molecule has 0 amide bonds. The molecule has 1 aliphatic heterocycles. The Balaban J connectivity index is 0.00000288. The number of nitrogens with one attached hydrogen (secondary N) is 1. The van der Waals surface area contributed by atoms with Crippen molar-refractivity contribution in [1.29, 1.82) is 0 Å². The lowest BCUT2D eigenvalue weighted by molar-refractivity contribution is 0.266. The summed E-state index contributed by atoms with van der Waals surface area (Å²) >= 11 is 0. The summed E-state index contributed by atoms with van der Waals surface area (Å²) in [4.78, 5) is 9.49. The molecule has 24 heavy (non-hydrogen) atoms. The molecule has 1 aliphatic rings. The highest BCUT2D eigenvalue weighted by Gasteiger charge is 2.18. The Hall–Kier alpha value is -0.820. The van der Waals surface area contributed by atoms with Crippen LogP contribution in [0.4, 0.5) is 0 Å². The first kappa shape index (κ1) is 21.2. The van der Waals surface area contributed by atoms with Crippen LogP contribution in [-0.4, -0.2) is 49.5 Å². The maximum Gasteiger partial charge on any atom is 0.194 e. The standard InChI is InChI=1S/C19H32N4.HI/c1-5-20-19(23-11-7-8-16(2)14-23)21-13-17-9-6-10-18(12-17)15-22(3)4;/h6,9-10,12,16H,5,7-8,11,13-15H2,1-4H3,(H,20,21);1H. The van der Waals surface area contributed by atoms with E-state index in [2.05, 4.69) is 67.3 Å². The molecule has 0 radical (unpaired) electrons. The monoisotopic (exact) mass is 444 g/mol. The van der Waals surface area contributed by atoms with Crippen LogP contribution in [-0.2, 0) is 13.1 Å². The number of hydrogen-bond donors (Lipinski definition) is 1. The molecule has 0 bridgehead atoms. The van der Waals surface area contributed by atoms with E-state index in [1.165, 1.54) is 24.0 Å². The molecular formula is C19H33IN4. The van der Waals surface area contributed by atoms with E-state index in [0.717, 1.165) is 44.6 Å². The topological polar surface area (TPSA) is 30.9 Å². The minimum absolute atomic E-state index is 0. The highest BCUT2D eigenvalue weighted by Crippen LogP contribution is 2.16. The van der Waals surface area contributed by atoms with Crippen molar-refractivity contribution in [2.24, 2.45) is 10.9 Å². The molecule has 1 N–H and O–H groups in total. The summed E-state index contributed by atoms with van der Waals surface area (Å²) in [6.07, 6.45) is 2.60. The second kappa shape index (κ2) is 10.9. The molecule has 0 saturated carbocycles. The van der Waals surface area contributed by atoms with E-state index in [-0.39, 0.29) is 24.0 Å². The number of aliphatic imine (C=N–C) groups is 1. The van der Waals surface area contributed by atoms with Gasteiger partial charge in [0.2, 0.25) is 0 Å². The van der Waals surface area contributed by atoms with E-state index in [1.807, 2.05) is 0 Å². The molecule has 2 rings (SSSR count). The summed E-state index contributed by atoms with van der Waals surface area (Å²) in [7, 11) is 4.21. The SMILES string of the molecule is CCNC(=NCc1cccc(CN(C)C)c1)N1CCCC(C)C1.I. The van der Waals surface area contributed by atoms with Crippen molar-refractivity contribution in [2.75, 3.05) is 33.7 Å². The fraction of sp³-hybridized carbons (Fsp3) is 0.632. The maximum atomic E-state index is 4.88. The van der Waals surface area contributed by atoms with E-state index in [0.29, 0.717) is 0 Å². The van der Waals surface area contributed by atoms with Gasteiger partial charge < -0.3 is 15.1 Å². The second-order valence-corrected chi connectivity index (χ2v) is 6.92. The Morgan fingerprint density at radius 2 is 2.08 bits per heavy atom. The van der Waals surface area contributed by atoms with Gasteiger partial charge in [0.25, 0.3) is 0 Å². The third kappa shape index (κ3) is 6.97. The van der Waals surface area contributed by atoms with Crippen LogP contribution in [0.3, 0.4) is 0 Å². The zero-order valence-corrected chi connectivity index (χ0v) is 17.9. The van der Waals surface area contributed by atoms with Gasteiger partial charge in [-0.2, -0.15) is 0 Å². The van der Waals surface area contributed by atoms with Crippen LogP contribution in [0.15, 0.2) is 29.3 Å². The van der Waals surface area contributed by atoms with Crippen molar-refractivity contribution in [2.45, 2.75) is 39.8 Å². The fourth-order valence-corrected chi connectivity index (χ4v) is 3.17. The van der Waals surface area contributed by atoms with Crippen LogP contribution in [0.25, 0.3) is 0 Å². The first-order chi connectivity index (χ1) is 11.1. The Labute approximate surface area is 164 Å². The molecule has 0 aliphatic carbocycles. The Kier molecular flexibility index (Phi) is 9.66. The molecule has 136 valence electrons. The van der Waals surface area contributed by atoms with E-state index in [1.54, 1.807) is 0 Å². The molecule has 5 heteroatoms. The van der Waals surface area contributed by atoms with E-state index >= 15 is 0 Å². The Morgan fingerprint density at radius 3 is 2.75 bits per heavy atom. The Morgan fingerprint density at radius 1 is 1.33 bits per heavy atom. The van der Waals surface area contributed by atoms with Gasteiger partial charge in [0, 0.05) is 26.2 Å².